The maximum atomic E-state index is 12.2. The third-order valence-electron chi connectivity index (χ3n) is 5.50. The lowest BCUT2D eigenvalue weighted by Gasteiger charge is -2.48. The predicted molar refractivity (Wildman–Crippen MR) is 124 cm³/mol. The molecule has 0 aromatic heterocycles. The van der Waals surface area contributed by atoms with E-state index >= 15 is 0 Å². The zero-order valence-corrected chi connectivity index (χ0v) is 20.3. The van der Waals surface area contributed by atoms with Gasteiger partial charge in [-0.05, 0) is 83.2 Å². The average Bonchev–Trinajstić information content (AvgIpc) is 2.63. The van der Waals surface area contributed by atoms with Gasteiger partial charge in [-0.15, -0.1) is 0 Å². The van der Waals surface area contributed by atoms with Gasteiger partial charge in [-0.1, -0.05) is 13.3 Å². The lowest BCUT2D eigenvalue weighted by Crippen LogP contribution is -2.62. The Kier molecular flexibility index (Phi) is 8.80. The van der Waals surface area contributed by atoms with E-state index in [1.807, 2.05) is 6.92 Å². The molecular formula is C23H37N3O4S. The van der Waals surface area contributed by atoms with Gasteiger partial charge < -0.3 is 15.5 Å². The first kappa shape index (κ1) is 25.5. The molecule has 0 saturated carbocycles. The number of esters is 1. The summed E-state index contributed by atoms with van der Waals surface area (Å²) in [4.78, 5) is 12.2. The van der Waals surface area contributed by atoms with E-state index in [2.05, 4.69) is 33.0 Å². The average molecular weight is 452 g/mol. The Morgan fingerprint density at radius 1 is 1.13 bits per heavy atom. The Morgan fingerprint density at radius 3 is 2.23 bits per heavy atom. The molecule has 0 bridgehead atoms. The maximum Gasteiger partial charge on any atom is 0.311 e. The molecule has 0 amide bonds. The van der Waals surface area contributed by atoms with E-state index in [0.717, 1.165) is 24.8 Å². The number of thiol groups is 1. The summed E-state index contributed by atoms with van der Waals surface area (Å²) in [6.45, 7) is 10.7. The first-order valence-electron chi connectivity index (χ1n) is 11.0. The van der Waals surface area contributed by atoms with Gasteiger partial charge in [-0.25, -0.2) is 12.7 Å². The fourth-order valence-corrected chi connectivity index (χ4v) is 5.30. The number of nitrogens with zero attached hydrogens (tertiary/aromatic N) is 1. The van der Waals surface area contributed by atoms with Crippen LogP contribution in [-0.2, 0) is 15.7 Å². The standard InChI is InChI=1S/C23H37N3O4S/c1-6-8-20(24)17-10-12-19(13-11-17)30-21(27)9-7-14-26(31(28)29)18-15-22(2,3)25-23(4,5)16-18/h10-13,18,24-25,31H,6-9,14-16H2,1-5H3. The SMILES string of the molecule is CCCC(=N)c1ccc(OC(=O)CCCN(C2CC(C)(C)NC(C)(C)C2)[SH](=O)=O)cc1. The summed E-state index contributed by atoms with van der Waals surface area (Å²) in [6, 6.07) is 6.86. The molecule has 1 heterocycles. The Balaban J connectivity index is 1.88. The lowest BCUT2D eigenvalue weighted by molar-refractivity contribution is -0.134. The molecular weight excluding hydrogens is 414 g/mol. The van der Waals surface area contributed by atoms with Crippen LogP contribution >= 0.6 is 0 Å². The third-order valence-corrected chi connectivity index (χ3v) is 6.45. The van der Waals surface area contributed by atoms with Crippen molar-refractivity contribution in [1.82, 2.24) is 9.62 Å². The van der Waals surface area contributed by atoms with Gasteiger partial charge in [0.2, 0.25) is 10.9 Å². The van der Waals surface area contributed by atoms with Gasteiger partial charge in [0, 0.05) is 35.8 Å². The highest BCUT2D eigenvalue weighted by atomic mass is 32.2. The summed E-state index contributed by atoms with van der Waals surface area (Å²) in [5, 5.41) is 11.5. The van der Waals surface area contributed by atoms with Gasteiger partial charge in [0.05, 0.1) is 0 Å². The summed E-state index contributed by atoms with van der Waals surface area (Å²) in [7, 11) is -2.73. The number of hydrogen-bond acceptors (Lipinski definition) is 6. The fraction of sp³-hybridized carbons (Fsp3) is 0.652. The van der Waals surface area contributed by atoms with Crippen LogP contribution < -0.4 is 10.1 Å². The number of piperidine rings is 1. The van der Waals surface area contributed by atoms with Crippen molar-refractivity contribution in [1.29, 1.82) is 5.41 Å². The Bertz CT molecular complexity index is 823. The molecule has 0 radical (unpaired) electrons. The molecule has 8 heteroatoms. The molecule has 2 rings (SSSR count). The van der Waals surface area contributed by atoms with Crippen molar-refractivity contribution in [3.63, 3.8) is 0 Å². The second kappa shape index (κ2) is 10.7. The summed E-state index contributed by atoms with van der Waals surface area (Å²) in [6.07, 6.45) is 3.63. The van der Waals surface area contributed by atoms with Crippen LogP contribution in [0.1, 0.15) is 78.7 Å². The van der Waals surface area contributed by atoms with E-state index in [4.69, 9.17) is 10.1 Å². The molecule has 0 aliphatic carbocycles. The zero-order valence-electron chi connectivity index (χ0n) is 19.4. The summed E-state index contributed by atoms with van der Waals surface area (Å²) in [5.41, 5.74) is 1.07. The molecule has 0 spiro atoms. The van der Waals surface area contributed by atoms with Crippen LogP contribution in [0.25, 0.3) is 0 Å². The van der Waals surface area contributed by atoms with Gasteiger partial charge in [0.25, 0.3) is 0 Å². The van der Waals surface area contributed by atoms with Crippen molar-refractivity contribution in [3.05, 3.63) is 29.8 Å². The van der Waals surface area contributed by atoms with Crippen LogP contribution in [0.15, 0.2) is 24.3 Å². The number of carbonyl (C=O) groups excluding carboxylic acids is 1. The van der Waals surface area contributed by atoms with E-state index in [0.29, 0.717) is 30.8 Å². The van der Waals surface area contributed by atoms with E-state index in [1.165, 1.54) is 4.31 Å². The molecule has 0 atom stereocenters. The monoisotopic (exact) mass is 451 g/mol. The number of benzene rings is 1. The molecule has 0 unspecified atom stereocenters. The smallest absolute Gasteiger partial charge is 0.311 e. The van der Waals surface area contributed by atoms with Crippen molar-refractivity contribution in [2.24, 2.45) is 0 Å². The molecule has 1 aromatic carbocycles. The highest BCUT2D eigenvalue weighted by Crippen LogP contribution is 2.31. The Labute approximate surface area is 188 Å². The first-order chi connectivity index (χ1) is 14.4. The fourth-order valence-electron chi connectivity index (χ4n) is 4.56. The largest absolute Gasteiger partial charge is 0.427 e. The van der Waals surface area contributed by atoms with Crippen molar-refractivity contribution >= 4 is 22.6 Å². The summed E-state index contributed by atoms with van der Waals surface area (Å²) >= 11 is 0. The molecule has 1 fully saturated rings. The second-order valence-electron chi connectivity index (χ2n) is 9.69. The molecule has 1 aromatic rings. The molecule has 1 aliphatic heterocycles. The molecule has 1 aliphatic rings. The molecule has 31 heavy (non-hydrogen) atoms. The van der Waals surface area contributed by atoms with Crippen LogP contribution in [0.3, 0.4) is 0 Å². The number of hydrogen-bond donors (Lipinski definition) is 3. The van der Waals surface area contributed by atoms with E-state index in [9.17, 15) is 13.2 Å². The third kappa shape index (κ3) is 8.01. The highest BCUT2D eigenvalue weighted by Gasteiger charge is 2.40. The van der Waals surface area contributed by atoms with Crippen LogP contribution in [0, 0.1) is 5.41 Å². The first-order valence-corrected chi connectivity index (χ1v) is 12.1. The number of nitrogens with one attached hydrogen (secondary N) is 2. The number of carbonyl (C=O) groups is 1. The van der Waals surface area contributed by atoms with Crippen LogP contribution in [0.5, 0.6) is 5.75 Å². The summed E-state index contributed by atoms with van der Waals surface area (Å²) in [5.74, 6) is 0.0510. The van der Waals surface area contributed by atoms with E-state index in [-0.39, 0.29) is 29.5 Å². The van der Waals surface area contributed by atoms with Crippen molar-refractivity contribution in [2.45, 2.75) is 90.3 Å². The zero-order chi connectivity index (χ0) is 23.2. The lowest BCUT2D eigenvalue weighted by atomic mass is 9.79. The second-order valence-corrected chi connectivity index (χ2v) is 10.7. The molecule has 1 saturated heterocycles. The van der Waals surface area contributed by atoms with E-state index in [1.54, 1.807) is 24.3 Å². The van der Waals surface area contributed by atoms with Crippen molar-refractivity contribution in [3.8, 4) is 5.75 Å². The Morgan fingerprint density at radius 2 is 1.71 bits per heavy atom. The van der Waals surface area contributed by atoms with Gasteiger partial charge in [-0.3, -0.25) is 4.79 Å². The van der Waals surface area contributed by atoms with Gasteiger partial charge >= 0.3 is 5.97 Å². The van der Waals surface area contributed by atoms with Crippen LogP contribution in [-0.4, -0.2) is 48.1 Å². The summed E-state index contributed by atoms with van der Waals surface area (Å²) < 4.78 is 30.7. The van der Waals surface area contributed by atoms with E-state index < -0.39 is 10.9 Å². The minimum Gasteiger partial charge on any atom is -0.427 e. The highest BCUT2D eigenvalue weighted by molar-refractivity contribution is 7.69. The Hall–Kier alpha value is -1.77. The number of rotatable bonds is 10. The predicted octanol–water partition coefficient (Wildman–Crippen LogP) is 3.68. The van der Waals surface area contributed by atoms with Gasteiger partial charge in [0.15, 0.2) is 0 Å². The van der Waals surface area contributed by atoms with Crippen molar-refractivity contribution < 1.29 is 17.9 Å². The van der Waals surface area contributed by atoms with Crippen LogP contribution in [0.2, 0.25) is 0 Å². The molecule has 7 nitrogen and oxygen atoms in total. The minimum atomic E-state index is -2.73. The number of ether oxygens (including phenoxy) is 1. The van der Waals surface area contributed by atoms with Gasteiger partial charge in [0.1, 0.15) is 5.75 Å². The van der Waals surface area contributed by atoms with Crippen LogP contribution in [0.4, 0.5) is 0 Å². The quantitative estimate of drug-likeness (QED) is 0.218. The van der Waals surface area contributed by atoms with Crippen molar-refractivity contribution in [2.75, 3.05) is 6.54 Å². The maximum absolute atomic E-state index is 12.2. The molecule has 2 N–H and O–H groups in total. The molecule has 174 valence electrons. The van der Waals surface area contributed by atoms with Gasteiger partial charge in [-0.2, -0.15) is 0 Å². The normalized spacial score (nSPS) is 18.3. The minimum absolute atomic E-state index is 0.0886. The topological polar surface area (TPSA) is 99.6 Å².